The Morgan fingerprint density at radius 2 is 2.15 bits per heavy atom. The van der Waals surface area contributed by atoms with Gasteiger partial charge in [0.2, 0.25) is 5.95 Å². The van der Waals surface area contributed by atoms with Crippen molar-refractivity contribution in [3.05, 3.63) is 16.0 Å². The van der Waals surface area contributed by atoms with Crippen LogP contribution in [0.25, 0.3) is 0 Å². The van der Waals surface area contributed by atoms with Gasteiger partial charge in [-0.3, -0.25) is 0 Å². The number of nitrogens with one attached hydrogen (secondary N) is 1. The van der Waals surface area contributed by atoms with E-state index in [4.69, 9.17) is 4.74 Å². The maximum absolute atomic E-state index is 5.08. The SMILES string of the molecule is COC(C)CNc1ncc(I)cn1. The number of anilines is 1. The lowest BCUT2D eigenvalue weighted by Crippen LogP contribution is -2.19. The number of nitrogens with zero attached hydrogens (tertiary/aromatic N) is 2. The molecule has 0 bridgehead atoms. The van der Waals surface area contributed by atoms with E-state index in [0.29, 0.717) is 5.95 Å². The summed E-state index contributed by atoms with van der Waals surface area (Å²) in [7, 11) is 1.68. The van der Waals surface area contributed by atoms with Crippen molar-refractivity contribution in [2.24, 2.45) is 0 Å². The van der Waals surface area contributed by atoms with Crippen LogP contribution in [0.3, 0.4) is 0 Å². The van der Waals surface area contributed by atoms with Gasteiger partial charge in [-0.25, -0.2) is 9.97 Å². The first kappa shape index (κ1) is 10.6. The Hall–Kier alpha value is -0.430. The largest absolute Gasteiger partial charge is 0.380 e. The second-order valence-electron chi connectivity index (χ2n) is 2.65. The highest BCUT2D eigenvalue weighted by molar-refractivity contribution is 14.1. The normalized spacial score (nSPS) is 12.5. The van der Waals surface area contributed by atoms with Crippen LogP contribution in [0, 0.1) is 3.57 Å². The summed E-state index contributed by atoms with van der Waals surface area (Å²) in [4.78, 5) is 8.20. The average molecular weight is 293 g/mol. The summed E-state index contributed by atoms with van der Waals surface area (Å²) in [5, 5.41) is 3.07. The van der Waals surface area contributed by atoms with Gasteiger partial charge in [-0.1, -0.05) is 0 Å². The highest BCUT2D eigenvalue weighted by atomic mass is 127. The fourth-order valence-corrected chi connectivity index (χ4v) is 1.00. The predicted octanol–water partition coefficient (Wildman–Crippen LogP) is 1.53. The van der Waals surface area contributed by atoms with Crippen LogP contribution in [0.5, 0.6) is 0 Å². The summed E-state index contributed by atoms with van der Waals surface area (Å²) >= 11 is 2.17. The van der Waals surface area contributed by atoms with E-state index in [9.17, 15) is 0 Å². The standard InChI is InChI=1S/C8H12IN3O/c1-6(13-2)3-10-8-11-4-7(9)5-12-8/h4-6H,3H2,1-2H3,(H,10,11,12). The third-order valence-corrected chi connectivity index (χ3v) is 2.13. The highest BCUT2D eigenvalue weighted by Crippen LogP contribution is 2.02. The van der Waals surface area contributed by atoms with Crippen molar-refractivity contribution in [2.75, 3.05) is 19.0 Å². The van der Waals surface area contributed by atoms with Gasteiger partial charge in [0.15, 0.2) is 0 Å². The number of hydrogen-bond donors (Lipinski definition) is 1. The summed E-state index contributed by atoms with van der Waals surface area (Å²) in [5.41, 5.74) is 0. The molecule has 1 heterocycles. The summed E-state index contributed by atoms with van der Waals surface area (Å²) in [6, 6.07) is 0. The average Bonchev–Trinajstić information content (AvgIpc) is 2.16. The van der Waals surface area contributed by atoms with Crippen LogP contribution < -0.4 is 5.32 Å². The molecule has 0 aliphatic rings. The zero-order valence-electron chi connectivity index (χ0n) is 7.62. The van der Waals surface area contributed by atoms with Gasteiger partial charge in [-0.15, -0.1) is 0 Å². The molecule has 72 valence electrons. The third-order valence-electron chi connectivity index (χ3n) is 1.57. The molecule has 1 aromatic rings. The molecule has 0 spiro atoms. The maximum atomic E-state index is 5.08. The molecule has 0 amide bonds. The Morgan fingerprint density at radius 3 is 2.69 bits per heavy atom. The van der Waals surface area contributed by atoms with Crippen molar-refractivity contribution >= 4 is 28.5 Å². The molecule has 0 saturated carbocycles. The van der Waals surface area contributed by atoms with Gasteiger partial charge in [-0.05, 0) is 29.5 Å². The molecule has 0 aliphatic heterocycles. The second-order valence-corrected chi connectivity index (χ2v) is 3.90. The van der Waals surface area contributed by atoms with E-state index >= 15 is 0 Å². The lowest BCUT2D eigenvalue weighted by molar-refractivity contribution is 0.128. The minimum atomic E-state index is 0.169. The third kappa shape index (κ3) is 3.86. The Labute approximate surface area is 91.3 Å². The molecule has 0 radical (unpaired) electrons. The molecule has 5 heteroatoms. The number of halogens is 1. The molecule has 1 unspecified atom stereocenters. The number of hydrogen-bond acceptors (Lipinski definition) is 4. The Bertz CT molecular complexity index is 252. The molecule has 1 aromatic heterocycles. The van der Waals surface area contributed by atoms with Crippen LogP contribution in [-0.4, -0.2) is 29.7 Å². The van der Waals surface area contributed by atoms with Gasteiger partial charge < -0.3 is 10.1 Å². The first-order valence-corrected chi connectivity index (χ1v) is 5.04. The summed E-state index contributed by atoms with van der Waals surface area (Å²) < 4.78 is 6.11. The minimum Gasteiger partial charge on any atom is -0.380 e. The van der Waals surface area contributed by atoms with Crippen LogP contribution in [0.15, 0.2) is 12.4 Å². The number of aromatic nitrogens is 2. The monoisotopic (exact) mass is 293 g/mol. The molecule has 4 nitrogen and oxygen atoms in total. The van der Waals surface area contributed by atoms with Gasteiger partial charge >= 0.3 is 0 Å². The Balaban J connectivity index is 2.41. The molecule has 1 rings (SSSR count). The first-order valence-electron chi connectivity index (χ1n) is 3.96. The fraction of sp³-hybridized carbons (Fsp3) is 0.500. The van der Waals surface area contributed by atoms with E-state index in [1.165, 1.54) is 0 Å². The van der Waals surface area contributed by atoms with E-state index in [2.05, 4.69) is 37.9 Å². The van der Waals surface area contributed by atoms with Gasteiger partial charge in [-0.2, -0.15) is 0 Å². The predicted molar refractivity (Wildman–Crippen MR) is 59.7 cm³/mol. The van der Waals surface area contributed by atoms with Gasteiger partial charge in [0.25, 0.3) is 0 Å². The van der Waals surface area contributed by atoms with Crippen LogP contribution in [-0.2, 0) is 4.74 Å². The van der Waals surface area contributed by atoms with Crippen molar-refractivity contribution < 1.29 is 4.74 Å². The molecule has 0 aliphatic carbocycles. The van der Waals surface area contributed by atoms with E-state index in [1.807, 2.05) is 6.92 Å². The quantitative estimate of drug-likeness (QED) is 0.855. The number of rotatable bonds is 4. The second kappa shape index (κ2) is 5.33. The Kier molecular flexibility index (Phi) is 4.37. The highest BCUT2D eigenvalue weighted by Gasteiger charge is 1.99. The van der Waals surface area contributed by atoms with E-state index in [1.54, 1.807) is 19.5 Å². The van der Waals surface area contributed by atoms with E-state index < -0.39 is 0 Å². The fourth-order valence-electron chi connectivity index (χ4n) is 0.722. The van der Waals surface area contributed by atoms with E-state index in [0.717, 1.165) is 10.1 Å². The summed E-state index contributed by atoms with van der Waals surface area (Å²) in [5.74, 6) is 0.643. The maximum Gasteiger partial charge on any atom is 0.222 e. The van der Waals surface area contributed by atoms with Crippen molar-refractivity contribution in [3.8, 4) is 0 Å². The molecule has 1 N–H and O–H groups in total. The molecule has 0 aromatic carbocycles. The van der Waals surface area contributed by atoms with Gasteiger partial charge in [0.05, 0.1) is 6.10 Å². The summed E-state index contributed by atoms with van der Waals surface area (Å²) in [6.45, 7) is 2.71. The van der Waals surface area contributed by atoms with Crippen molar-refractivity contribution in [3.63, 3.8) is 0 Å². The molecular formula is C8H12IN3O. The molecular weight excluding hydrogens is 281 g/mol. The molecule has 0 saturated heterocycles. The number of methoxy groups -OCH3 is 1. The zero-order valence-corrected chi connectivity index (χ0v) is 9.78. The lowest BCUT2D eigenvalue weighted by atomic mass is 10.4. The lowest BCUT2D eigenvalue weighted by Gasteiger charge is -2.09. The minimum absolute atomic E-state index is 0.169. The molecule has 13 heavy (non-hydrogen) atoms. The van der Waals surface area contributed by atoms with Crippen LogP contribution in [0.1, 0.15) is 6.92 Å². The van der Waals surface area contributed by atoms with Crippen molar-refractivity contribution in [1.29, 1.82) is 0 Å². The smallest absolute Gasteiger partial charge is 0.222 e. The van der Waals surface area contributed by atoms with Crippen LogP contribution in [0.2, 0.25) is 0 Å². The zero-order chi connectivity index (χ0) is 9.68. The topological polar surface area (TPSA) is 47.0 Å². The molecule has 0 fully saturated rings. The van der Waals surface area contributed by atoms with Crippen LogP contribution in [0.4, 0.5) is 5.95 Å². The van der Waals surface area contributed by atoms with Gasteiger partial charge in [0, 0.05) is 29.6 Å². The first-order chi connectivity index (χ1) is 6.22. The number of ether oxygens (including phenoxy) is 1. The van der Waals surface area contributed by atoms with Crippen molar-refractivity contribution in [1.82, 2.24) is 9.97 Å². The van der Waals surface area contributed by atoms with E-state index in [-0.39, 0.29) is 6.10 Å². The molecule has 1 atom stereocenters. The summed E-state index contributed by atoms with van der Waals surface area (Å²) in [6.07, 6.45) is 3.71. The van der Waals surface area contributed by atoms with Crippen LogP contribution >= 0.6 is 22.6 Å². The van der Waals surface area contributed by atoms with Crippen molar-refractivity contribution in [2.45, 2.75) is 13.0 Å². The van der Waals surface area contributed by atoms with Gasteiger partial charge in [0.1, 0.15) is 0 Å². The Morgan fingerprint density at radius 1 is 1.54 bits per heavy atom.